The number of hydrogen-bond donors (Lipinski definition) is 0. The van der Waals surface area contributed by atoms with Gasteiger partial charge in [0.1, 0.15) is 4.91 Å². The molecule has 5 rings (SSSR count). The standard InChI is InChI=1S/C23H24N4O2S2/c1-3-27-21(28)20(22-25(2)18-6-4-5-7-19(18)30-22)31-23(27)24-16-8-10-17(11-9-16)26-12-14-29-15-13-26/h4-11H,3,12-15H2,1-2H3/b22-20-,24-23?. The lowest BCUT2D eigenvalue weighted by Gasteiger charge is -2.28. The highest BCUT2D eigenvalue weighted by molar-refractivity contribution is 8.19. The Morgan fingerprint density at radius 3 is 2.48 bits per heavy atom. The summed E-state index contributed by atoms with van der Waals surface area (Å²) < 4.78 is 5.43. The van der Waals surface area contributed by atoms with Crippen molar-refractivity contribution in [2.45, 2.75) is 11.8 Å². The van der Waals surface area contributed by atoms with Gasteiger partial charge in [0.2, 0.25) is 0 Å². The molecule has 0 radical (unpaired) electrons. The van der Waals surface area contributed by atoms with Crippen LogP contribution in [0.15, 0.2) is 68.4 Å². The molecular weight excluding hydrogens is 428 g/mol. The zero-order valence-corrected chi connectivity index (χ0v) is 19.2. The predicted octanol–water partition coefficient (Wildman–Crippen LogP) is 4.52. The Morgan fingerprint density at radius 2 is 1.77 bits per heavy atom. The van der Waals surface area contributed by atoms with Gasteiger partial charge in [-0.25, -0.2) is 4.99 Å². The van der Waals surface area contributed by atoms with E-state index in [0.29, 0.717) is 6.54 Å². The van der Waals surface area contributed by atoms with E-state index in [1.807, 2.05) is 38.2 Å². The molecule has 3 heterocycles. The van der Waals surface area contributed by atoms with Crippen LogP contribution in [0.5, 0.6) is 0 Å². The summed E-state index contributed by atoms with van der Waals surface area (Å²) in [6, 6.07) is 16.5. The third-order valence-corrected chi connectivity index (χ3v) is 7.99. The number of thioether (sulfide) groups is 2. The fourth-order valence-corrected chi connectivity index (χ4v) is 6.28. The maximum Gasteiger partial charge on any atom is 0.269 e. The van der Waals surface area contributed by atoms with Gasteiger partial charge in [-0.15, -0.1) is 0 Å². The van der Waals surface area contributed by atoms with Crippen molar-refractivity contribution in [1.82, 2.24) is 4.90 Å². The molecule has 0 aliphatic carbocycles. The Labute approximate surface area is 190 Å². The van der Waals surface area contributed by atoms with Crippen LogP contribution in [0.4, 0.5) is 17.1 Å². The van der Waals surface area contributed by atoms with E-state index in [4.69, 9.17) is 9.73 Å². The van der Waals surface area contributed by atoms with Gasteiger partial charge in [0.25, 0.3) is 5.91 Å². The molecule has 0 aromatic heterocycles. The Morgan fingerprint density at radius 1 is 1.03 bits per heavy atom. The van der Waals surface area contributed by atoms with Gasteiger partial charge < -0.3 is 14.5 Å². The van der Waals surface area contributed by atoms with E-state index in [0.717, 1.165) is 52.8 Å². The van der Waals surface area contributed by atoms with Crippen molar-refractivity contribution in [1.29, 1.82) is 0 Å². The first-order valence-electron chi connectivity index (χ1n) is 10.4. The smallest absolute Gasteiger partial charge is 0.269 e. The number of rotatable bonds is 3. The minimum absolute atomic E-state index is 0.0262. The van der Waals surface area contributed by atoms with Crippen LogP contribution in [0, 0.1) is 0 Å². The molecule has 0 bridgehead atoms. The highest BCUT2D eigenvalue weighted by Gasteiger charge is 2.38. The zero-order chi connectivity index (χ0) is 21.4. The zero-order valence-electron chi connectivity index (χ0n) is 17.6. The van der Waals surface area contributed by atoms with E-state index >= 15 is 0 Å². The summed E-state index contributed by atoms with van der Waals surface area (Å²) in [6.07, 6.45) is 0. The van der Waals surface area contributed by atoms with Gasteiger partial charge in [-0.2, -0.15) is 0 Å². The van der Waals surface area contributed by atoms with Crippen LogP contribution in [0.1, 0.15) is 6.92 Å². The molecule has 0 spiro atoms. The lowest BCUT2D eigenvalue weighted by molar-refractivity contribution is -0.122. The maximum atomic E-state index is 13.2. The van der Waals surface area contributed by atoms with Crippen LogP contribution < -0.4 is 9.80 Å². The van der Waals surface area contributed by atoms with Crippen LogP contribution in [-0.2, 0) is 9.53 Å². The number of amidine groups is 1. The van der Waals surface area contributed by atoms with Crippen molar-refractivity contribution >= 4 is 51.7 Å². The molecule has 3 aliphatic heterocycles. The average Bonchev–Trinajstić information content (AvgIpc) is 3.31. The maximum absolute atomic E-state index is 13.2. The molecule has 0 unspecified atom stereocenters. The first-order chi connectivity index (χ1) is 15.2. The number of anilines is 2. The summed E-state index contributed by atoms with van der Waals surface area (Å²) in [5.41, 5.74) is 3.17. The van der Waals surface area contributed by atoms with Crippen molar-refractivity contribution in [3.05, 3.63) is 58.5 Å². The Hall–Kier alpha value is -2.42. The van der Waals surface area contributed by atoms with Crippen molar-refractivity contribution < 1.29 is 9.53 Å². The Bertz CT molecular complexity index is 1060. The van der Waals surface area contributed by atoms with E-state index in [2.05, 4.69) is 34.1 Å². The fraction of sp³-hybridized carbons (Fsp3) is 0.304. The van der Waals surface area contributed by atoms with Gasteiger partial charge in [0, 0.05) is 37.3 Å². The lowest BCUT2D eigenvalue weighted by Crippen LogP contribution is -2.36. The van der Waals surface area contributed by atoms with Crippen molar-refractivity contribution in [2.24, 2.45) is 4.99 Å². The molecule has 1 amide bonds. The molecular formula is C23H24N4O2S2. The van der Waals surface area contributed by atoms with E-state index in [9.17, 15) is 4.79 Å². The van der Waals surface area contributed by atoms with E-state index in [1.54, 1.807) is 16.7 Å². The molecule has 2 fully saturated rings. The number of ether oxygens (including phenoxy) is 1. The normalized spacial score (nSPS) is 22.6. The number of morpholine rings is 1. The SMILES string of the molecule is CCN1C(=O)/C(=C2/Sc3ccccc3N2C)SC1=Nc1ccc(N2CCOCC2)cc1. The monoisotopic (exact) mass is 452 g/mol. The molecule has 2 aromatic rings. The van der Waals surface area contributed by atoms with Crippen LogP contribution in [0.25, 0.3) is 0 Å². The first-order valence-corrected chi connectivity index (χ1v) is 12.0. The van der Waals surface area contributed by atoms with Gasteiger partial charge in [-0.1, -0.05) is 23.9 Å². The minimum Gasteiger partial charge on any atom is -0.378 e. The van der Waals surface area contributed by atoms with Crippen LogP contribution in [0.2, 0.25) is 0 Å². The number of likely N-dealkylation sites (N-methyl/N-ethyl adjacent to an activating group) is 1. The van der Waals surface area contributed by atoms with Crippen molar-refractivity contribution in [3.8, 4) is 0 Å². The fourth-order valence-electron chi connectivity index (χ4n) is 3.87. The second kappa shape index (κ2) is 8.61. The molecule has 0 atom stereocenters. The van der Waals surface area contributed by atoms with Gasteiger partial charge in [-0.3, -0.25) is 9.69 Å². The molecule has 0 saturated carbocycles. The van der Waals surface area contributed by atoms with Crippen LogP contribution >= 0.6 is 23.5 Å². The molecule has 31 heavy (non-hydrogen) atoms. The number of para-hydroxylation sites is 1. The summed E-state index contributed by atoms with van der Waals surface area (Å²) in [7, 11) is 2.02. The highest BCUT2D eigenvalue weighted by Crippen LogP contribution is 2.49. The van der Waals surface area contributed by atoms with E-state index in [1.165, 1.54) is 22.3 Å². The van der Waals surface area contributed by atoms with Crippen LogP contribution in [-0.4, -0.2) is 55.9 Å². The second-order valence-corrected chi connectivity index (χ2v) is 9.43. The molecule has 0 N–H and O–H groups in total. The molecule has 2 aromatic carbocycles. The number of benzene rings is 2. The molecule has 8 heteroatoms. The van der Waals surface area contributed by atoms with Gasteiger partial charge in [-0.05, 0) is 55.1 Å². The number of carbonyl (C=O) groups excluding carboxylic acids is 1. The molecule has 160 valence electrons. The quantitative estimate of drug-likeness (QED) is 0.639. The molecule has 3 aliphatic rings. The number of fused-ring (bicyclic) bond motifs is 1. The average molecular weight is 453 g/mol. The van der Waals surface area contributed by atoms with Crippen molar-refractivity contribution in [2.75, 3.05) is 49.7 Å². The number of hydrogen-bond acceptors (Lipinski definition) is 7. The van der Waals surface area contributed by atoms with Crippen LogP contribution in [0.3, 0.4) is 0 Å². The number of carbonyl (C=O) groups is 1. The summed E-state index contributed by atoms with van der Waals surface area (Å²) >= 11 is 3.12. The van der Waals surface area contributed by atoms with E-state index < -0.39 is 0 Å². The topological polar surface area (TPSA) is 48.4 Å². The van der Waals surface area contributed by atoms with Gasteiger partial charge >= 0.3 is 0 Å². The summed E-state index contributed by atoms with van der Waals surface area (Å²) in [5.74, 6) is 0.0262. The van der Waals surface area contributed by atoms with E-state index in [-0.39, 0.29) is 5.91 Å². The molecule has 2 saturated heterocycles. The summed E-state index contributed by atoms with van der Waals surface area (Å²) in [5, 5.41) is 1.71. The highest BCUT2D eigenvalue weighted by atomic mass is 32.2. The number of nitrogens with zero attached hydrogens (tertiary/aromatic N) is 4. The van der Waals surface area contributed by atoms with Crippen molar-refractivity contribution in [3.63, 3.8) is 0 Å². The van der Waals surface area contributed by atoms with Gasteiger partial charge in [0.05, 0.1) is 29.6 Å². The minimum atomic E-state index is 0.0262. The Balaban J connectivity index is 1.41. The summed E-state index contributed by atoms with van der Waals surface area (Å²) in [6.45, 7) is 5.93. The Kier molecular flexibility index (Phi) is 5.69. The number of aliphatic imine (C=N–C) groups is 1. The van der Waals surface area contributed by atoms with Gasteiger partial charge in [0.15, 0.2) is 5.17 Å². The largest absolute Gasteiger partial charge is 0.378 e. The molecule has 6 nitrogen and oxygen atoms in total. The summed E-state index contributed by atoms with van der Waals surface area (Å²) in [4.78, 5) is 26.1. The third-order valence-electron chi connectivity index (χ3n) is 5.56. The third kappa shape index (κ3) is 3.84. The second-order valence-electron chi connectivity index (χ2n) is 7.42. The number of amides is 1. The predicted molar refractivity (Wildman–Crippen MR) is 129 cm³/mol. The first kappa shape index (κ1) is 20.5. The lowest BCUT2D eigenvalue weighted by atomic mass is 10.2.